The van der Waals surface area contributed by atoms with Gasteiger partial charge < -0.3 is 10.1 Å². The summed E-state index contributed by atoms with van der Waals surface area (Å²) in [6.45, 7) is 5.01. The van der Waals surface area contributed by atoms with Crippen molar-refractivity contribution in [3.63, 3.8) is 0 Å². The maximum Gasteiger partial charge on any atom is 0.339 e. The first-order chi connectivity index (χ1) is 10.1. The van der Waals surface area contributed by atoms with Crippen molar-refractivity contribution in [3.8, 4) is 0 Å². The molecular weight excluding hydrogens is 262 g/mol. The smallest absolute Gasteiger partial charge is 0.339 e. The number of hydrogen-bond donors (Lipinski definition) is 1. The van der Waals surface area contributed by atoms with Gasteiger partial charge in [0.2, 0.25) is 0 Å². The van der Waals surface area contributed by atoms with E-state index in [2.05, 4.69) is 37.4 Å². The second-order valence-corrected chi connectivity index (χ2v) is 5.13. The maximum atomic E-state index is 11.7. The molecule has 0 radical (unpaired) electrons. The van der Waals surface area contributed by atoms with Crippen LogP contribution in [0.1, 0.15) is 27.0 Å². The molecule has 2 rings (SSSR count). The summed E-state index contributed by atoms with van der Waals surface area (Å²) in [6, 6.07) is 13.9. The standard InChI is InChI=1S/C18H21NO2/c1-13-8-9-15(12-14(13)2)10-11-19-17-7-5-4-6-16(17)18(20)21-3/h4-9,12,19H,10-11H2,1-3H3. The summed E-state index contributed by atoms with van der Waals surface area (Å²) in [5, 5.41) is 3.31. The highest BCUT2D eigenvalue weighted by atomic mass is 16.5. The van der Waals surface area contributed by atoms with Crippen LogP contribution in [0.3, 0.4) is 0 Å². The van der Waals surface area contributed by atoms with Crippen molar-refractivity contribution in [3.05, 3.63) is 64.7 Å². The van der Waals surface area contributed by atoms with Crippen LogP contribution in [0.25, 0.3) is 0 Å². The SMILES string of the molecule is COC(=O)c1ccccc1NCCc1ccc(C)c(C)c1. The molecule has 1 N–H and O–H groups in total. The van der Waals surface area contributed by atoms with Gasteiger partial charge >= 0.3 is 5.97 Å². The molecule has 0 aliphatic carbocycles. The van der Waals surface area contributed by atoms with Crippen LogP contribution < -0.4 is 5.32 Å². The number of carbonyl (C=O) groups is 1. The number of anilines is 1. The molecule has 0 spiro atoms. The van der Waals surface area contributed by atoms with E-state index in [4.69, 9.17) is 4.74 Å². The number of esters is 1. The third kappa shape index (κ3) is 3.85. The zero-order valence-electron chi connectivity index (χ0n) is 12.8. The number of nitrogens with one attached hydrogen (secondary N) is 1. The van der Waals surface area contributed by atoms with Crippen molar-refractivity contribution < 1.29 is 9.53 Å². The Bertz CT molecular complexity index is 635. The van der Waals surface area contributed by atoms with Gasteiger partial charge in [-0.15, -0.1) is 0 Å². The van der Waals surface area contributed by atoms with Gasteiger partial charge in [0.1, 0.15) is 0 Å². The number of para-hydroxylation sites is 1. The minimum absolute atomic E-state index is 0.315. The normalized spacial score (nSPS) is 10.2. The van der Waals surface area contributed by atoms with Gasteiger partial charge in [0.25, 0.3) is 0 Å². The van der Waals surface area contributed by atoms with Gasteiger partial charge in [-0.3, -0.25) is 0 Å². The van der Waals surface area contributed by atoms with Crippen LogP contribution in [0.5, 0.6) is 0 Å². The average Bonchev–Trinajstić information content (AvgIpc) is 2.50. The number of aryl methyl sites for hydroxylation is 2. The average molecular weight is 283 g/mol. The monoisotopic (exact) mass is 283 g/mol. The Kier molecular flexibility index (Phi) is 4.99. The Labute approximate surface area is 126 Å². The highest BCUT2D eigenvalue weighted by Crippen LogP contribution is 2.16. The molecule has 110 valence electrons. The van der Waals surface area contributed by atoms with Crippen LogP contribution in [-0.4, -0.2) is 19.6 Å². The van der Waals surface area contributed by atoms with Crippen molar-refractivity contribution in [1.29, 1.82) is 0 Å². The Morgan fingerprint density at radius 2 is 1.86 bits per heavy atom. The highest BCUT2D eigenvalue weighted by Gasteiger charge is 2.10. The molecule has 0 saturated heterocycles. The summed E-state index contributed by atoms with van der Waals surface area (Å²) in [5.41, 5.74) is 5.29. The molecule has 0 fully saturated rings. The number of carbonyl (C=O) groups excluding carboxylic acids is 1. The summed E-state index contributed by atoms with van der Waals surface area (Å²) >= 11 is 0. The van der Waals surface area contributed by atoms with Crippen molar-refractivity contribution >= 4 is 11.7 Å². The molecule has 0 heterocycles. The first-order valence-electron chi connectivity index (χ1n) is 7.09. The lowest BCUT2D eigenvalue weighted by molar-refractivity contribution is 0.0602. The molecule has 21 heavy (non-hydrogen) atoms. The third-order valence-electron chi connectivity index (χ3n) is 3.63. The van der Waals surface area contributed by atoms with E-state index < -0.39 is 0 Å². The Morgan fingerprint density at radius 1 is 1.10 bits per heavy atom. The number of ether oxygens (including phenoxy) is 1. The van der Waals surface area contributed by atoms with Crippen molar-refractivity contribution in [2.24, 2.45) is 0 Å². The fourth-order valence-corrected chi connectivity index (χ4v) is 2.23. The lowest BCUT2D eigenvalue weighted by atomic mass is 10.0. The zero-order chi connectivity index (χ0) is 15.2. The first-order valence-corrected chi connectivity index (χ1v) is 7.09. The maximum absolute atomic E-state index is 11.7. The van der Waals surface area contributed by atoms with E-state index >= 15 is 0 Å². The van der Waals surface area contributed by atoms with E-state index in [-0.39, 0.29) is 5.97 Å². The van der Waals surface area contributed by atoms with E-state index in [1.807, 2.05) is 18.2 Å². The van der Waals surface area contributed by atoms with Crippen molar-refractivity contribution in [2.45, 2.75) is 20.3 Å². The molecule has 3 heteroatoms. The predicted molar refractivity (Wildman–Crippen MR) is 85.9 cm³/mol. The third-order valence-corrected chi connectivity index (χ3v) is 3.63. The minimum atomic E-state index is -0.315. The molecule has 0 aliphatic heterocycles. The van der Waals surface area contributed by atoms with Gasteiger partial charge in [0, 0.05) is 12.2 Å². The van der Waals surface area contributed by atoms with Crippen LogP contribution in [0.15, 0.2) is 42.5 Å². The number of benzene rings is 2. The molecule has 0 bridgehead atoms. The van der Waals surface area contributed by atoms with Crippen molar-refractivity contribution in [2.75, 3.05) is 19.0 Å². The molecule has 2 aromatic rings. The fourth-order valence-electron chi connectivity index (χ4n) is 2.23. The van der Waals surface area contributed by atoms with Gasteiger partial charge in [-0.05, 0) is 49.1 Å². The molecule has 0 atom stereocenters. The number of hydrogen-bond acceptors (Lipinski definition) is 3. The molecule has 0 aliphatic rings. The molecule has 2 aromatic carbocycles. The van der Waals surface area contributed by atoms with E-state index in [9.17, 15) is 4.79 Å². The van der Waals surface area contributed by atoms with Crippen LogP contribution in [-0.2, 0) is 11.2 Å². The number of rotatable bonds is 5. The highest BCUT2D eigenvalue weighted by molar-refractivity contribution is 5.95. The van der Waals surface area contributed by atoms with Gasteiger partial charge in [-0.2, -0.15) is 0 Å². The summed E-state index contributed by atoms with van der Waals surface area (Å²) in [6.07, 6.45) is 0.913. The van der Waals surface area contributed by atoms with E-state index in [1.165, 1.54) is 23.8 Å². The van der Waals surface area contributed by atoms with Crippen LogP contribution >= 0.6 is 0 Å². The topological polar surface area (TPSA) is 38.3 Å². The molecule has 0 amide bonds. The molecule has 0 saturated carbocycles. The van der Waals surface area contributed by atoms with Gasteiger partial charge in [0.15, 0.2) is 0 Å². The van der Waals surface area contributed by atoms with Gasteiger partial charge in [0.05, 0.1) is 12.7 Å². The van der Waals surface area contributed by atoms with Gasteiger partial charge in [-0.25, -0.2) is 4.79 Å². The second kappa shape index (κ2) is 6.93. The Balaban J connectivity index is 2.00. The molecular formula is C18H21NO2. The zero-order valence-corrected chi connectivity index (χ0v) is 12.8. The number of methoxy groups -OCH3 is 1. The van der Waals surface area contributed by atoms with E-state index in [0.29, 0.717) is 5.56 Å². The summed E-state index contributed by atoms with van der Waals surface area (Å²) < 4.78 is 4.79. The predicted octanol–water partition coefficient (Wildman–Crippen LogP) is 3.74. The summed E-state index contributed by atoms with van der Waals surface area (Å²) in [7, 11) is 1.40. The van der Waals surface area contributed by atoms with Crippen LogP contribution in [0.4, 0.5) is 5.69 Å². The lowest BCUT2D eigenvalue weighted by Crippen LogP contribution is -2.10. The van der Waals surface area contributed by atoms with E-state index in [1.54, 1.807) is 6.07 Å². The Hall–Kier alpha value is -2.29. The van der Waals surface area contributed by atoms with Crippen LogP contribution in [0.2, 0.25) is 0 Å². The van der Waals surface area contributed by atoms with Gasteiger partial charge in [-0.1, -0.05) is 30.3 Å². The second-order valence-electron chi connectivity index (χ2n) is 5.13. The molecule has 0 unspecified atom stereocenters. The quantitative estimate of drug-likeness (QED) is 0.849. The Morgan fingerprint density at radius 3 is 2.57 bits per heavy atom. The lowest BCUT2D eigenvalue weighted by Gasteiger charge is -2.11. The summed E-state index contributed by atoms with van der Waals surface area (Å²) in [5.74, 6) is -0.315. The molecule has 3 nitrogen and oxygen atoms in total. The van der Waals surface area contributed by atoms with E-state index in [0.717, 1.165) is 18.7 Å². The fraction of sp³-hybridized carbons (Fsp3) is 0.278. The minimum Gasteiger partial charge on any atom is -0.465 e. The molecule has 0 aromatic heterocycles. The van der Waals surface area contributed by atoms with Crippen molar-refractivity contribution in [1.82, 2.24) is 0 Å². The largest absolute Gasteiger partial charge is 0.465 e. The summed E-state index contributed by atoms with van der Waals surface area (Å²) in [4.78, 5) is 11.7. The van der Waals surface area contributed by atoms with Crippen LogP contribution in [0, 0.1) is 13.8 Å². The first kappa shape index (κ1) is 15.1.